The molecule has 1 spiro atoms. The van der Waals surface area contributed by atoms with E-state index in [0.29, 0.717) is 17.7 Å². The summed E-state index contributed by atoms with van der Waals surface area (Å²) < 4.78 is 14.1. The average molecular weight is 336 g/mol. The van der Waals surface area contributed by atoms with Crippen molar-refractivity contribution in [2.75, 3.05) is 19.6 Å². The summed E-state index contributed by atoms with van der Waals surface area (Å²) in [6.45, 7) is 4.98. The van der Waals surface area contributed by atoms with Crippen molar-refractivity contribution >= 4 is 11.5 Å². The van der Waals surface area contributed by atoms with Gasteiger partial charge in [0.1, 0.15) is 11.5 Å². The van der Waals surface area contributed by atoms with Crippen molar-refractivity contribution in [3.63, 3.8) is 0 Å². The summed E-state index contributed by atoms with van der Waals surface area (Å²) in [5.74, 6) is -0.158. The monoisotopic (exact) mass is 336 g/mol. The van der Waals surface area contributed by atoms with Gasteiger partial charge >= 0.3 is 0 Å². The topological polar surface area (TPSA) is 32.7 Å². The third-order valence-electron chi connectivity index (χ3n) is 5.28. The second kappa shape index (κ2) is 6.19. The standard InChI is InChI=1S/C21H21FN2O/c1-2-24-11-10-21(14-24)13-19(25)20(23-21)16-7-5-6-15(12-16)17-8-3-4-9-18(17)22/h3-9,12H,2,10-11,13-14H2,1H3/t21-/m0/s1. The Morgan fingerprint density at radius 2 is 1.96 bits per heavy atom. The first-order valence-electron chi connectivity index (χ1n) is 8.81. The lowest BCUT2D eigenvalue weighted by Crippen LogP contribution is -2.30. The summed E-state index contributed by atoms with van der Waals surface area (Å²) in [5, 5.41) is 0. The van der Waals surface area contributed by atoms with E-state index in [0.717, 1.165) is 37.2 Å². The second-order valence-corrected chi connectivity index (χ2v) is 6.96. The van der Waals surface area contributed by atoms with E-state index < -0.39 is 0 Å². The maximum atomic E-state index is 14.1. The maximum Gasteiger partial charge on any atom is 0.183 e. The molecule has 0 aliphatic carbocycles. The quantitative estimate of drug-likeness (QED) is 0.856. The number of aliphatic imine (C=N–C) groups is 1. The number of nitrogens with zero attached hydrogens (tertiary/aromatic N) is 2. The fourth-order valence-electron chi connectivity index (χ4n) is 3.92. The van der Waals surface area contributed by atoms with Gasteiger partial charge in [0.25, 0.3) is 0 Å². The summed E-state index contributed by atoms with van der Waals surface area (Å²) in [4.78, 5) is 19.8. The first-order valence-corrected chi connectivity index (χ1v) is 8.81. The maximum absolute atomic E-state index is 14.1. The number of Topliss-reactive ketones (excluding diaryl/α,β-unsaturated/α-hetero) is 1. The number of carbonyl (C=O) groups is 1. The Morgan fingerprint density at radius 1 is 1.16 bits per heavy atom. The normalized spacial score (nSPS) is 23.4. The molecule has 4 heteroatoms. The van der Waals surface area contributed by atoms with Crippen molar-refractivity contribution in [2.24, 2.45) is 4.99 Å². The minimum absolute atomic E-state index is 0.101. The fourth-order valence-corrected chi connectivity index (χ4v) is 3.92. The fraction of sp³-hybridized carbons (Fsp3) is 0.333. The summed E-state index contributed by atoms with van der Waals surface area (Å²) in [5.41, 5.74) is 2.40. The van der Waals surface area contributed by atoms with E-state index in [2.05, 4.69) is 11.8 Å². The first-order chi connectivity index (χ1) is 12.1. The lowest BCUT2D eigenvalue weighted by atomic mass is 9.94. The molecule has 128 valence electrons. The highest BCUT2D eigenvalue weighted by molar-refractivity contribution is 6.48. The van der Waals surface area contributed by atoms with Crippen molar-refractivity contribution in [3.8, 4) is 11.1 Å². The minimum Gasteiger partial charge on any atom is -0.301 e. The van der Waals surface area contributed by atoms with Crippen LogP contribution in [0.4, 0.5) is 4.39 Å². The van der Waals surface area contributed by atoms with Gasteiger partial charge in [0.05, 0.1) is 5.54 Å². The van der Waals surface area contributed by atoms with E-state index in [1.807, 2.05) is 30.3 Å². The van der Waals surface area contributed by atoms with Gasteiger partial charge in [-0.25, -0.2) is 4.39 Å². The van der Waals surface area contributed by atoms with Crippen molar-refractivity contribution in [1.29, 1.82) is 0 Å². The molecule has 0 saturated carbocycles. The van der Waals surface area contributed by atoms with Gasteiger partial charge in [-0.15, -0.1) is 0 Å². The van der Waals surface area contributed by atoms with Crippen molar-refractivity contribution < 1.29 is 9.18 Å². The molecule has 0 N–H and O–H groups in total. The summed E-state index contributed by atoms with van der Waals surface area (Å²) in [6, 6.07) is 14.2. The number of benzene rings is 2. The van der Waals surface area contributed by atoms with Gasteiger partial charge in [-0.2, -0.15) is 0 Å². The van der Waals surface area contributed by atoms with E-state index in [1.54, 1.807) is 12.1 Å². The van der Waals surface area contributed by atoms with Gasteiger partial charge in [-0.1, -0.05) is 43.3 Å². The lowest BCUT2D eigenvalue weighted by molar-refractivity contribution is -0.113. The highest BCUT2D eigenvalue weighted by Gasteiger charge is 2.44. The lowest BCUT2D eigenvalue weighted by Gasteiger charge is -2.19. The number of hydrogen-bond donors (Lipinski definition) is 0. The Balaban J connectivity index is 1.70. The summed E-state index contributed by atoms with van der Waals surface area (Å²) >= 11 is 0. The van der Waals surface area contributed by atoms with Gasteiger partial charge in [-0.3, -0.25) is 9.79 Å². The van der Waals surface area contributed by atoms with Crippen LogP contribution < -0.4 is 0 Å². The molecule has 3 nitrogen and oxygen atoms in total. The van der Waals surface area contributed by atoms with Gasteiger partial charge in [0.15, 0.2) is 5.78 Å². The molecule has 2 aliphatic rings. The number of hydrogen-bond acceptors (Lipinski definition) is 3. The molecule has 0 bridgehead atoms. The zero-order chi connectivity index (χ0) is 17.4. The Bertz CT molecular complexity index is 860. The first kappa shape index (κ1) is 16.2. The van der Waals surface area contributed by atoms with Gasteiger partial charge < -0.3 is 4.90 Å². The number of carbonyl (C=O) groups excluding carboxylic acids is 1. The molecule has 25 heavy (non-hydrogen) atoms. The van der Waals surface area contributed by atoms with Crippen molar-refractivity contribution in [1.82, 2.24) is 4.90 Å². The van der Waals surface area contributed by atoms with Crippen LogP contribution >= 0.6 is 0 Å². The molecule has 0 aromatic heterocycles. The van der Waals surface area contributed by atoms with Crippen LogP contribution in [0.3, 0.4) is 0 Å². The van der Waals surface area contributed by atoms with Crippen LogP contribution in [0.5, 0.6) is 0 Å². The zero-order valence-electron chi connectivity index (χ0n) is 14.3. The van der Waals surface area contributed by atoms with E-state index in [1.165, 1.54) is 6.07 Å². The van der Waals surface area contributed by atoms with Crippen LogP contribution in [0.15, 0.2) is 53.5 Å². The molecule has 2 aliphatic heterocycles. The predicted molar refractivity (Wildman–Crippen MR) is 97.5 cm³/mol. The van der Waals surface area contributed by atoms with Crippen LogP contribution in [0.25, 0.3) is 11.1 Å². The van der Waals surface area contributed by atoms with E-state index in [9.17, 15) is 9.18 Å². The zero-order valence-corrected chi connectivity index (χ0v) is 14.3. The molecule has 1 fully saturated rings. The number of likely N-dealkylation sites (N-methyl/N-ethyl adjacent to an activating group) is 1. The molecule has 1 atom stereocenters. The Hall–Kier alpha value is -2.33. The third kappa shape index (κ3) is 2.91. The smallest absolute Gasteiger partial charge is 0.183 e. The minimum atomic E-state index is -0.259. The summed E-state index contributed by atoms with van der Waals surface area (Å²) in [7, 11) is 0. The van der Waals surface area contributed by atoms with Gasteiger partial charge in [-0.05, 0) is 30.7 Å². The average Bonchev–Trinajstić information content (AvgIpc) is 3.18. The number of halogens is 1. The molecule has 2 aromatic rings. The molecule has 0 amide bonds. The highest BCUT2D eigenvalue weighted by Crippen LogP contribution is 2.35. The highest BCUT2D eigenvalue weighted by atomic mass is 19.1. The molecule has 1 saturated heterocycles. The van der Waals surface area contributed by atoms with E-state index in [4.69, 9.17) is 4.99 Å². The Labute approximate surface area is 147 Å². The summed E-state index contributed by atoms with van der Waals surface area (Å²) in [6.07, 6.45) is 1.42. The second-order valence-electron chi connectivity index (χ2n) is 6.96. The van der Waals surface area contributed by atoms with Gasteiger partial charge in [0.2, 0.25) is 0 Å². The van der Waals surface area contributed by atoms with E-state index in [-0.39, 0.29) is 17.1 Å². The van der Waals surface area contributed by atoms with Crippen LogP contribution in [-0.4, -0.2) is 41.6 Å². The molecule has 2 aromatic carbocycles. The van der Waals surface area contributed by atoms with Crippen molar-refractivity contribution in [3.05, 3.63) is 59.9 Å². The largest absolute Gasteiger partial charge is 0.301 e. The number of rotatable bonds is 3. The molecule has 0 unspecified atom stereocenters. The van der Waals surface area contributed by atoms with Crippen molar-refractivity contribution in [2.45, 2.75) is 25.3 Å². The molecule has 2 heterocycles. The number of likely N-dealkylation sites (tertiary alicyclic amines) is 1. The molecule has 4 rings (SSSR count). The predicted octanol–water partition coefficient (Wildman–Crippen LogP) is 3.72. The van der Waals surface area contributed by atoms with Crippen LogP contribution in [0.2, 0.25) is 0 Å². The third-order valence-corrected chi connectivity index (χ3v) is 5.28. The number of ketones is 1. The molecular formula is C21H21FN2O. The SMILES string of the molecule is CCN1CC[C@]2(CC(=O)C(c3cccc(-c4ccccc4F)c3)=N2)C1. The van der Waals surface area contributed by atoms with Crippen LogP contribution in [-0.2, 0) is 4.79 Å². The molecule has 0 radical (unpaired) electrons. The van der Waals surface area contributed by atoms with Crippen LogP contribution in [0.1, 0.15) is 25.3 Å². The van der Waals surface area contributed by atoms with Crippen LogP contribution in [0, 0.1) is 5.82 Å². The van der Waals surface area contributed by atoms with E-state index >= 15 is 0 Å². The Kier molecular flexibility index (Phi) is 4.00. The molecular weight excluding hydrogens is 315 g/mol. The van der Waals surface area contributed by atoms with Gasteiger partial charge in [0, 0.05) is 30.6 Å². The Morgan fingerprint density at radius 3 is 2.72 bits per heavy atom.